The van der Waals surface area contributed by atoms with Gasteiger partial charge in [-0.1, -0.05) is 152 Å². The van der Waals surface area contributed by atoms with Gasteiger partial charge in [0.15, 0.2) is 0 Å². The van der Waals surface area contributed by atoms with Crippen molar-refractivity contribution >= 4 is 44.6 Å². The van der Waals surface area contributed by atoms with Crippen molar-refractivity contribution in [1.82, 2.24) is 9.55 Å². The molecule has 0 spiro atoms. The van der Waals surface area contributed by atoms with Crippen molar-refractivity contribution in [3.63, 3.8) is 0 Å². The molecule has 1 aliphatic carbocycles. The summed E-state index contributed by atoms with van der Waals surface area (Å²) in [5, 5.41) is 2.24. The molecule has 65 heavy (non-hydrogen) atoms. The van der Waals surface area contributed by atoms with E-state index in [4.69, 9.17) is 9.72 Å². The first kappa shape index (κ1) is 42.5. The van der Waals surface area contributed by atoms with Gasteiger partial charge >= 0.3 is 0 Å². The first-order valence-corrected chi connectivity index (χ1v) is 22.3. The average Bonchev–Trinajstić information content (AvgIpc) is 3.91. The van der Waals surface area contributed by atoms with Crippen LogP contribution in [0, 0.1) is 18.8 Å². The van der Waals surface area contributed by atoms with Crippen molar-refractivity contribution in [2.45, 2.75) is 71.6 Å². The maximum absolute atomic E-state index is 6.68. The number of aromatic nitrogens is 2. The standard InChI is InChI=1S/C59H51N4O.Pt/c1-57(2,3)39-26-24-38(25-27-39)44-30-31-49-55(47-19-9-11-20-48(47)59(49,7)8)56(44)62-37-61(51-22-13-14-23-52(51)62)41-16-15-17-42(35-41)64-43-28-29-46-45-18-10-12-21-50(45)63(53(46)36-43)54-34-40(32-33-60-54)58(4,5)6;/h9-34,37H,1-8H3;/q-3;. The molecule has 5 nitrogen and oxygen atoms in total. The van der Waals surface area contributed by atoms with Gasteiger partial charge in [-0.2, -0.15) is 12.1 Å². The van der Waals surface area contributed by atoms with Crippen molar-refractivity contribution in [3.8, 4) is 39.6 Å². The Morgan fingerprint density at radius 2 is 1.28 bits per heavy atom. The summed E-state index contributed by atoms with van der Waals surface area (Å²) >= 11 is 0. The van der Waals surface area contributed by atoms with Gasteiger partial charge in [0.25, 0.3) is 0 Å². The van der Waals surface area contributed by atoms with Gasteiger partial charge in [0, 0.05) is 77.9 Å². The Hall–Kier alpha value is -6.42. The van der Waals surface area contributed by atoms with Crippen LogP contribution in [0.2, 0.25) is 0 Å². The summed E-state index contributed by atoms with van der Waals surface area (Å²) in [5.41, 5.74) is 16.2. The fourth-order valence-corrected chi connectivity index (χ4v) is 9.82. The van der Waals surface area contributed by atoms with Crippen LogP contribution < -0.4 is 14.5 Å². The zero-order valence-corrected chi connectivity index (χ0v) is 40.4. The third-order valence-corrected chi connectivity index (χ3v) is 13.3. The van der Waals surface area contributed by atoms with E-state index >= 15 is 0 Å². The van der Waals surface area contributed by atoms with Gasteiger partial charge in [-0.05, 0) is 79.9 Å². The molecular formula is C59H51N4OPt-3. The smallest absolute Gasteiger partial charge is 0.135 e. The monoisotopic (exact) mass is 1030 g/mol. The van der Waals surface area contributed by atoms with Crippen LogP contribution >= 0.6 is 0 Å². The Morgan fingerprint density at radius 3 is 2.05 bits per heavy atom. The summed E-state index contributed by atoms with van der Waals surface area (Å²) in [6.45, 7) is 20.4. The molecule has 0 atom stereocenters. The van der Waals surface area contributed by atoms with Crippen molar-refractivity contribution in [2.24, 2.45) is 0 Å². The van der Waals surface area contributed by atoms with E-state index in [0.29, 0.717) is 11.5 Å². The Labute approximate surface area is 397 Å². The Morgan fingerprint density at radius 1 is 0.585 bits per heavy atom. The summed E-state index contributed by atoms with van der Waals surface area (Å²) in [6.07, 6.45) is 1.90. The second-order valence-electron chi connectivity index (χ2n) is 19.8. The minimum atomic E-state index is -0.158. The van der Waals surface area contributed by atoms with Gasteiger partial charge in [0.05, 0.1) is 0 Å². The third-order valence-electron chi connectivity index (χ3n) is 13.3. The molecule has 2 aliphatic rings. The van der Waals surface area contributed by atoms with Crippen LogP contribution in [0.5, 0.6) is 11.5 Å². The molecule has 0 unspecified atom stereocenters. The zero-order valence-electron chi connectivity index (χ0n) is 38.1. The predicted molar refractivity (Wildman–Crippen MR) is 265 cm³/mol. The minimum Gasteiger partial charge on any atom is -0.509 e. The Balaban J connectivity index is 0.00000498. The predicted octanol–water partition coefficient (Wildman–Crippen LogP) is 15.5. The first-order valence-electron chi connectivity index (χ1n) is 22.3. The number of para-hydroxylation sites is 3. The fourth-order valence-electron chi connectivity index (χ4n) is 9.82. The van der Waals surface area contributed by atoms with Crippen molar-refractivity contribution < 1.29 is 25.8 Å². The van der Waals surface area contributed by atoms with Crippen molar-refractivity contribution in [3.05, 3.63) is 199 Å². The van der Waals surface area contributed by atoms with Gasteiger partial charge in [-0.15, -0.1) is 48.1 Å². The van der Waals surface area contributed by atoms with Crippen LogP contribution in [0.15, 0.2) is 158 Å². The van der Waals surface area contributed by atoms with Gasteiger partial charge < -0.3 is 19.1 Å². The second kappa shape index (κ2) is 15.6. The van der Waals surface area contributed by atoms with E-state index in [1.54, 1.807) is 0 Å². The third kappa shape index (κ3) is 7.07. The topological polar surface area (TPSA) is 33.5 Å². The van der Waals surface area contributed by atoms with E-state index in [0.717, 1.165) is 44.7 Å². The quantitative estimate of drug-likeness (QED) is 0.155. The van der Waals surface area contributed by atoms with Crippen molar-refractivity contribution in [2.75, 3.05) is 9.80 Å². The molecule has 7 aromatic carbocycles. The maximum Gasteiger partial charge on any atom is 0.135 e. The molecule has 1 aliphatic heterocycles. The molecule has 326 valence electrons. The SMILES string of the molecule is CC(C)(C)c1ccc(-c2ccc3c(c2N2[CH-]N(c4[c-]c(Oc5[c-]c6c(cc5)c5ccccc5n6-c5cc(C(C)(C)C)ccn5)ccc4)c4ccccc42)-c2ccccc2C3(C)C)cc1.[Pt]. The van der Waals surface area contributed by atoms with E-state index in [1.807, 2.05) is 24.4 Å². The van der Waals surface area contributed by atoms with Gasteiger partial charge in [0.2, 0.25) is 0 Å². The van der Waals surface area contributed by atoms with Gasteiger partial charge in [-0.25, -0.2) is 4.98 Å². The molecule has 3 heterocycles. The van der Waals surface area contributed by atoms with Crippen LogP contribution in [-0.2, 0) is 37.3 Å². The molecule has 0 saturated carbocycles. The van der Waals surface area contributed by atoms with E-state index in [2.05, 4.69) is 222 Å². The number of hydrogen-bond acceptors (Lipinski definition) is 4. The van der Waals surface area contributed by atoms with Crippen LogP contribution in [0.1, 0.15) is 77.6 Å². The minimum absolute atomic E-state index is 0. The van der Waals surface area contributed by atoms with Crippen molar-refractivity contribution in [1.29, 1.82) is 0 Å². The summed E-state index contributed by atoms with van der Waals surface area (Å²) < 4.78 is 8.88. The number of fused-ring (bicyclic) bond motifs is 7. The van der Waals surface area contributed by atoms with E-state index in [1.165, 1.54) is 50.2 Å². The molecule has 0 bridgehead atoms. The number of pyridine rings is 1. The molecule has 0 amide bonds. The zero-order chi connectivity index (χ0) is 44.1. The molecular weight excluding hydrogens is 976 g/mol. The van der Waals surface area contributed by atoms with Gasteiger partial charge in [0.1, 0.15) is 5.82 Å². The molecule has 11 rings (SSSR count). The molecule has 0 saturated heterocycles. The Kier molecular flexibility index (Phi) is 10.2. The van der Waals surface area contributed by atoms with E-state index in [-0.39, 0.29) is 37.3 Å². The van der Waals surface area contributed by atoms with Crippen LogP contribution in [-0.4, -0.2) is 9.55 Å². The molecule has 0 N–H and O–H groups in total. The average molecular weight is 1030 g/mol. The second-order valence-corrected chi connectivity index (χ2v) is 19.8. The van der Waals surface area contributed by atoms with Crippen LogP contribution in [0.4, 0.5) is 22.7 Å². The fraction of sp³-hybridized carbons (Fsp3) is 0.186. The largest absolute Gasteiger partial charge is 0.509 e. The summed E-state index contributed by atoms with van der Waals surface area (Å²) in [6, 6.07) is 61.7. The summed E-state index contributed by atoms with van der Waals surface area (Å²) in [5.74, 6) is 2.06. The van der Waals surface area contributed by atoms with E-state index in [9.17, 15) is 0 Å². The number of hydrogen-bond donors (Lipinski definition) is 0. The molecule has 0 fully saturated rings. The normalized spacial score (nSPS) is 14.0. The summed E-state index contributed by atoms with van der Waals surface area (Å²) in [7, 11) is 0. The van der Waals surface area contributed by atoms with E-state index < -0.39 is 0 Å². The number of ether oxygens (including phenoxy) is 1. The first-order chi connectivity index (χ1) is 30.8. The Bertz CT molecular complexity index is 3290. The molecule has 0 radical (unpaired) electrons. The molecule has 2 aromatic heterocycles. The number of nitrogens with zero attached hydrogens (tertiary/aromatic N) is 4. The molecule has 9 aromatic rings. The summed E-state index contributed by atoms with van der Waals surface area (Å²) in [4.78, 5) is 9.49. The van der Waals surface area contributed by atoms with Gasteiger partial charge in [-0.3, -0.25) is 0 Å². The van der Waals surface area contributed by atoms with Crippen LogP contribution in [0.25, 0.3) is 49.9 Å². The molecule has 6 heteroatoms. The number of anilines is 4. The number of benzene rings is 7. The van der Waals surface area contributed by atoms with Crippen LogP contribution in [0.3, 0.4) is 0 Å². The number of rotatable bonds is 6. The maximum atomic E-state index is 6.68.